The molecule has 62 heavy (non-hydrogen) atoms. The van der Waals surface area contributed by atoms with E-state index in [0.29, 0.717) is 46.9 Å². The van der Waals surface area contributed by atoms with Crippen LogP contribution in [0.3, 0.4) is 0 Å². The zero-order valence-corrected chi connectivity index (χ0v) is 34.8. The third-order valence-corrected chi connectivity index (χ3v) is 10.7. The summed E-state index contributed by atoms with van der Waals surface area (Å²) < 4.78 is 11.5. The van der Waals surface area contributed by atoms with Crippen LogP contribution < -0.4 is 26.6 Å². The second-order valence-corrected chi connectivity index (χ2v) is 15.7. The number of aliphatic hydroxyl groups is 2. The normalized spacial score (nSPS) is 23.3. The molecule has 2 aromatic heterocycles. The van der Waals surface area contributed by atoms with Crippen LogP contribution in [0.1, 0.15) is 58.3 Å². The van der Waals surface area contributed by atoms with Crippen molar-refractivity contribution >= 4 is 64.2 Å². The predicted octanol–water partition coefficient (Wildman–Crippen LogP) is -0.275. The number of hydrogen-bond donors (Lipinski definition) is 8. The van der Waals surface area contributed by atoms with E-state index in [0.717, 1.165) is 17.1 Å². The van der Waals surface area contributed by atoms with E-state index in [9.17, 15) is 43.8 Å². The summed E-state index contributed by atoms with van der Waals surface area (Å²) in [4.78, 5) is 107. The molecule has 0 bridgehead atoms. The first-order valence-electron chi connectivity index (χ1n) is 20.2. The number of nitrogens with one attached hydrogen (secondary N) is 6. The maximum absolute atomic E-state index is 13.5. The lowest BCUT2D eigenvalue weighted by Gasteiger charge is -2.42. The van der Waals surface area contributed by atoms with E-state index < -0.39 is 90.2 Å². The largest absolute Gasteiger partial charge is 0.445 e. The van der Waals surface area contributed by atoms with Crippen molar-refractivity contribution in [3.8, 4) is 0 Å². The van der Waals surface area contributed by atoms with E-state index in [-0.39, 0.29) is 32.0 Å². The number of aromatic amines is 1. The molecule has 2 fully saturated rings. The fourth-order valence-corrected chi connectivity index (χ4v) is 7.27. The third-order valence-electron chi connectivity index (χ3n) is 10.7. The molecular formula is C40H51N11O11. The van der Waals surface area contributed by atoms with Gasteiger partial charge in [-0.15, -0.1) is 0 Å². The Morgan fingerprint density at radius 1 is 0.984 bits per heavy atom. The van der Waals surface area contributed by atoms with Crippen LogP contribution in [0.15, 0.2) is 42.7 Å². The number of aliphatic hydroxyl groups excluding tert-OH is 2. The molecule has 0 unspecified atom stereocenters. The predicted molar refractivity (Wildman–Crippen MR) is 218 cm³/mol. The maximum Gasteiger partial charge on any atom is 0.410 e. The lowest BCUT2D eigenvalue weighted by molar-refractivity contribution is -0.173. The van der Waals surface area contributed by atoms with Crippen molar-refractivity contribution in [1.82, 2.24) is 45.7 Å². The molecule has 3 aromatic rings. The topological polar surface area (TPSA) is 300 Å². The summed E-state index contributed by atoms with van der Waals surface area (Å²) in [5, 5.41) is 35.7. The Balaban J connectivity index is 0.940. The van der Waals surface area contributed by atoms with Gasteiger partial charge in [0.05, 0.1) is 12.1 Å². The first-order chi connectivity index (χ1) is 29.5. The van der Waals surface area contributed by atoms with Crippen LogP contribution in [0.25, 0.3) is 11.2 Å². The lowest BCUT2D eigenvalue weighted by Crippen LogP contribution is -2.65. The molecule has 22 heteroatoms. The zero-order chi connectivity index (χ0) is 44.8. The summed E-state index contributed by atoms with van der Waals surface area (Å²) in [6, 6.07) is 2.55. The zero-order valence-electron chi connectivity index (χ0n) is 34.8. The van der Waals surface area contributed by atoms with E-state index >= 15 is 0 Å². The molecule has 3 aliphatic rings. The number of rotatable bonds is 15. The molecule has 2 saturated heterocycles. The van der Waals surface area contributed by atoms with Gasteiger partial charge in [0.15, 0.2) is 17.7 Å². The number of fused-ring (bicyclic) bond motifs is 1. The summed E-state index contributed by atoms with van der Waals surface area (Å²) in [7, 11) is 0. The van der Waals surface area contributed by atoms with Crippen molar-refractivity contribution in [3.63, 3.8) is 0 Å². The average Bonchev–Trinajstić information content (AvgIpc) is 3.97. The molecule has 7 amide bonds. The summed E-state index contributed by atoms with van der Waals surface area (Å²) in [5.74, 6) is -2.68. The van der Waals surface area contributed by atoms with Crippen molar-refractivity contribution in [2.75, 3.05) is 23.7 Å². The Morgan fingerprint density at radius 2 is 1.69 bits per heavy atom. The molecule has 0 saturated carbocycles. The van der Waals surface area contributed by atoms with Gasteiger partial charge >= 0.3 is 6.09 Å². The number of ether oxygens (including phenoxy) is 2. The number of carbonyl (C=O) groups is 7. The number of amides is 7. The molecule has 8 atom stereocenters. The molecule has 5 heterocycles. The van der Waals surface area contributed by atoms with Crippen LogP contribution in [0.2, 0.25) is 0 Å². The molecule has 1 aromatic carbocycles. The van der Waals surface area contributed by atoms with E-state index in [1.165, 1.54) is 18.2 Å². The number of hydrogen-bond acceptors (Lipinski definition) is 15. The Morgan fingerprint density at radius 3 is 2.39 bits per heavy atom. The number of likely N-dealkylation sites (tertiary alicyclic amines) is 1. The molecular weight excluding hydrogens is 811 g/mol. The van der Waals surface area contributed by atoms with Crippen molar-refractivity contribution in [1.29, 1.82) is 0 Å². The maximum atomic E-state index is 13.5. The van der Waals surface area contributed by atoms with Crippen LogP contribution in [0, 0.1) is 12.8 Å². The van der Waals surface area contributed by atoms with Crippen LogP contribution in [-0.4, -0.2) is 143 Å². The van der Waals surface area contributed by atoms with Gasteiger partial charge in [0, 0.05) is 37.3 Å². The lowest BCUT2D eigenvalue weighted by atomic mass is 9.95. The van der Waals surface area contributed by atoms with Gasteiger partial charge in [-0.1, -0.05) is 26.0 Å². The average molecular weight is 862 g/mol. The van der Waals surface area contributed by atoms with Crippen LogP contribution in [0.4, 0.5) is 16.3 Å². The third kappa shape index (κ3) is 10.5. The minimum absolute atomic E-state index is 0.138. The van der Waals surface area contributed by atoms with Crippen LogP contribution in [0.5, 0.6) is 0 Å². The van der Waals surface area contributed by atoms with E-state index in [2.05, 4.69) is 46.5 Å². The highest BCUT2D eigenvalue weighted by Gasteiger charge is 2.45. The molecule has 6 rings (SSSR count). The van der Waals surface area contributed by atoms with E-state index in [4.69, 9.17) is 9.47 Å². The summed E-state index contributed by atoms with van der Waals surface area (Å²) in [6.07, 6.45) is -1.25. The van der Waals surface area contributed by atoms with Gasteiger partial charge in [0.2, 0.25) is 23.6 Å². The molecule has 332 valence electrons. The van der Waals surface area contributed by atoms with E-state index in [1.807, 2.05) is 0 Å². The Kier molecular flexibility index (Phi) is 14.1. The van der Waals surface area contributed by atoms with Crippen LogP contribution in [-0.2, 0) is 44.8 Å². The quantitative estimate of drug-likeness (QED) is 0.0913. The number of carbonyl (C=O) groups excluding carboxylic acids is 7. The number of imide groups is 1. The number of anilines is 2. The van der Waals surface area contributed by atoms with E-state index in [1.54, 1.807) is 52.0 Å². The number of H-pyrrole nitrogens is 1. The Labute approximate surface area is 355 Å². The molecule has 22 nitrogen and oxygen atoms in total. The van der Waals surface area contributed by atoms with Gasteiger partial charge in [-0.2, -0.15) is 0 Å². The first kappa shape index (κ1) is 45.0. The number of imidazole rings is 1. The van der Waals surface area contributed by atoms with Crippen molar-refractivity contribution in [2.24, 2.45) is 5.92 Å². The fraction of sp³-hybridized carbons (Fsp3) is 0.500. The van der Waals surface area contributed by atoms with Crippen LogP contribution >= 0.6 is 0 Å². The summed E-state index contributed by atoms with van der Waals surface area (Å²) in [5.41, 5.74) is 1.89. The minimum Gasteiger partial charge on any atom is -0.445 e. The molecule has 0 aliphatic carbocycles. The number of aromatic nitrogens is 4. The first-order valence-corrected chi connectivity index (χ1v) is 20.2. The standard InChI is InChI=1S/C40H51N11O11/c1-19(2)29(47-26(52)14-16-51-27(53)12-13-28(51)54)38(59)43-20(3)36(57)46-24-10-8-23(9-11-24)17-61-40(60)50-15-6-7-25(50)37(58)48-30-21(4)62-39(33(56)32(30)55)49-35-31-34(41-18-42-35)45-22(5)44-31/h8-13,18-21,25,29-30,32-33,39,55-56H,6-7,14-17H2,1-5H3,(H,43,59)(H,46,57)(H,47,52)(H,48,58)(H2,41,42,44,45,49)/t20-,21-,25+,29-,30-,32+,33-,39-/m0/s1. The van der Waals surface area contributed by atoms with Gasteiger partial charge in [-0.3, -0.25) is 38.6 Å². The minimum atomic E-state index is -1.47. The summed E-state index contributed by atoms with van der Waals surface area (Å²) in [6.45, 7) is 8.29. The van der Waals surface area contributed by atoms with Crippen molar-refractivity contribution < 1.29 is 53.2 Å². The number of aryl methyl sites for hydroxylation is 1. The highest BCUT2D eigenvalue weighted by Crippen LogP contribution is 2.26. The molecule has 3 aliphatic heterocycles. The second-order valence-electron chi connectivity index (χ2n) is 15.7. The second kappa shape index (κ2) is 19.5. The molecule has 0 radical (unpaired) electrons. The Hall–Kier alpha value is -6.52. The fourth-order valence-electron chi connectivity index (χ4n) is 7.27. The highest BCUT2D eigenvalue weighted by molar-refractivity contribution is 6.13. The van der Waals surface area contributed by atoms with Crippen molar-refractivity contribution in [2.45, 2.75) is 109 Å². The Bertz CT molecular complexity index is 2200. The van der Waals surface area contributed by atoms with Gasteiger partial charge in [-0.25, -0.2) is 19.7 Å². The SMILES string of the molecule is Cc1nc2ncnc(N[C@H]3O[C@@H](C)[C@H](NC(=O)[C@H]4CCCN4C(=O)OCc4ccc(NC(=O)[C@H](C)NC(=O)[C@@H](NC(=O)CCN5C(=O)C=CC5=O)C(C)C)cc4)[C@@H](O)[C@@H]3O)c2[nH]1. The smallest absolute Gasteiger partial charge is 0.410 e. The summed E-state index contributed by atoms with van der Waals surface area (Å²) >= 11 is 0. The monoisotopic (exact) mass is 861 g/mol. The van der Waals surface area contributed by atoms with Gasteiger partial charge in [0.25, 0.3) is 11.8 Å². The van der Waals surface area contributed by atoms with Crippen molar-refractivity contribution in [3.05, 3.63) is 54.1 Å². The van der Waals surface area contributed by atoms with Gasteiger partial charge in [-0.05, 0) is 57.2 Å². The van der Waals surface area contributed by atoms with Gasteiger partial charge in [0.1, 0.15) is 54.6 Å². The molecule has 8 N–H and O–H groups in total. The highest BCUT2D eigenvalue weighted by atomic mass is 16.6. The van der Waals surface area contributed by atoms with Gasteiger partial charge < -0.3 is 51.3 Å². The number of nitrogens with zero attached hydrogens (tertiary/aromatic N) is 5. The number of benzene rings is 1. The molecule has 0 spiro atoms.